The van der Waals surface area contributed by atoms with Gasteiger partial charge in [0.1, 0.15) is 0 Å². The van der Waals surface area contributed by atoms with E-state index in [4.69, 9.17) is 0 Å². The Hall–Kier alpha value is -0.870. The van der Waals surface area contributed by atoms with Crippen molar-refractivity contribution in [3.05, 3.63) is 18.7 Å². The second-order valence-electron chi connectivity index (χ2n) is 5.74. The normalized spacial score (nSPS) is 26.8. The van der Waals surface area contributed by atoms with Gasteiger partial charge < -0.3 is 9.88 Å². The van der Waals surface area contributed by atoms with E-state index >= 15 is 0 Å². The van der Waals surface area contributed by atoms with Crippen molar-refractivity contribution < 1.29 is 0 Å². The van der Waals surface area contributed by atoms with Crippen LogP contribution in [-0.2, 0) is 6.54 Å². The summed E-state index contributed by atoms with van der Waals surface area (Å²) in [4.78, 5) is 6.86. The molecular weight excluding hydrogens is 224 g/mol. The number of nitrogens with zero attached hydrogens (tertiary/aromatic N) is 3. The molecule has 1 aromatic heterocycles. The summed E-state index contributed by atoms with van der Waals surface area (Å²) in [6.45, 7) is 6.14. The van der Waals surface area contributed by atoms with Crippen LogP contribution in [0.1, 0.15) is 25.7 Å². The van der Waals surface area contributed by atoms with Crippen LogP contribution in [0.4, 0.5) is 0 Å². The Morgan fingerprint density at radius 3 is 2.83 bits per heavy atom. The van der Waals surface area contributed by atoms with E-state index in [0.717, 1.165) is 18.5 Å². The molecule has 1 unspecified atom stereocenters. The summed E-state index contributed by atoms with van der Waals surface area (Å²) in [6.07, 6.45) is 11.3. The minimum atomic E-state index is 0.731. The Kier molecular flexibility index (Phi) is 3.96. The Morgan fingerprint density at radius 1 is 1.17 bits per heavy atom. The van der Waals surface area contributed by atoms with Gasteiger partial charge in [-0.15, -0.1) is 0 Å². The molecule has 0 saturated carbocycles. The molecule has 4 nitrogen and oxygen atoms in total. The van der Waals surface area contributed by atoms with Crippen LogP contribution < -0.4 is 5.32 Å². The molecule has 0 amide bonds. The van der Waals surface area contributed by atoms with Crippen molar-refractivity contribution in [1.29, 1.82) is 0 Å². The average Bonchev–Trinajstić information content (AvgIpc) is 3.04. The van der Waals surface area contributed by atoms with E-state index < -0.39 is 0 Å². The molecule has 0 spiro atoms. The first-order valence-corrected chi connectivity index (χ1v) is 7.32. The Bertz CT molecular complexity index is 343. The number of nitrogens with one attached hydrogen (secondary N) is 1. The minimum absolute atomic E-state index is 0.731. The van der Waals surface area contributed by atoms with Gasteiger partial charge in [-0.2, -0.15) is 0 Å². The van der Waals surface area contributed by atoms with Crippen molar-refractivity contribution in [2.75, 3.05) is 26.2 Å². The molecule has 1 aromatic rings. The predicted molar refractivity (Wildman–Crippen MR) is 72.4 cm³/mol. The lowest BCUT2D eigenvalue weighted by Crippen LogP contribution is -2.39. The van der Waals surface area contributed by atoms with E-state index in [-0.39, 0.29) is 0 Å². The van der Waals surface area contributed by atoms with Crippen molar-refractivity contribution in [2.45, 2.75) is 38.3 Å². The third-order valence-corrected chi connectivity index (χ3v) is 4.43. The maximum Gasteiger partial charge on any atom is 0.0946 e. The monoisotopic (exact) mass is 248 g/mol. The van der Waals surface area contributed by atoms with E-state index in [1.807, 2.05) is 12.5 Å². The molecule has 2 fully saturated rings. The third-order valence-electron chi connectivity index (χ3n) is 4.43. The highest BCUT2D eigenvalue weighted by molar-refractivity contribution is 4.85. The van der Waals surface area contributed by atoms with Gasteiger partial charge in [-0.1, -0.05) is 0 Å². The smallest absolute Gasteiger partial charge is 0.0946 e. The number of piperidine rings is 1. The van der Waals surface area contributed by atoms with Crippen molar-refractivity contribution >= 4 is 0 Å². The van der Waals surface area contributed by atoms with E-state index in [9.17, 15) is 0 Å². The van der Waals surface area contributed by atoms with Crippen LogP contribution in [0.5, 0.6) is 0 Å². The summed E-state index contributed by atoms with van der Waals surface area (Å²) in [5.41, 5.74) is 0. The van der Waals surface area contributed by atoms with Gasteiger partial charge in [0, 0.05) is 31.5 Å². The van der Waals surface area contributed by atoms with Crippen LogP contribution >= 0.6 is 0 Å². The van der Waals surface area contributed by atoms with Crippen LogP contribution in [0.2, 0.25) is 0 Å². The fourth-order valence-corrected chi connectivity index (χ4v) is 3.38. The number of likely N-dealkylation sites (tertiary alicyclic amines) is 1. The summed E-state index contributed by atoms with van der Waals surface area (Å²) in [5, 5.41) is 3.46. The lowest BCUT2D eigenvalue weighted by atomic mass is 9.97. The van der Waals surface area contributed by atoms with Crippen LogP contribution in [0.25, 0.3) is 0 Å². The molecule has 2 aliphatic rings. The number of hydrogen-bond acceptors (Lipinski definition) is 3. The first-order chi connectivity index (χ1) is 8.92. The molecule has 3 rings (SSSR count). The third kappa shape index (κ3) is 2.93. The molecule has 0 bridgehead atoms. The molecule has 3 heterocycles. The van der Waals surface area contributed by atoms with E-state index in [1.165, 1.54) is 51.9 Å². The molecule has 0 radical (unpaired) electrons. The van der Waals surface area contributed by atoms with Crippen LogP contribution in [-0.4, -0.2) is 46.7 Å². The summed E-state index contributed by atoms with van der Waals surface area (Å²) >= 11 is 0. The molecular formula is C14H24N4. The van der Waals surface area contributed by atoms with Crippen molar-refractivity contribution in [2.24, 2.45) is 5.92 Å². The molecule has 1 atom stereocenters. The Labute approximate surface area is 109 Å². The first kappa shape index (κ1) is 12.2. The summed E-state index contributed by atoms with van der Waals surface area (Å²) < 4.78 is 2.23. The zero-order valence-electron chi connectivity index (χ0n) is 11.1. The lowest BCUT2D eigenvalue weighted by molar-refractivity contribution is 0.179. The predicted octanol–water partition coefficient (Wildman–Crippen LogP) is 1.35. The van der Waals surface area contributed by atoms with Crippen LogP contribution in [0.15, 0.2) is 18.7 Å². The van der Waals surface area contributed by atoms with Crippen molar-refractivity contribution in [3.8, 4) is 0 Å². The van der Waals surface area contributed by atoms with E-state index in [2.05, 4.69) is 26.0 Å². The molecule has 4 heteroatoms. The largest absolute Gasteiger partial charge is 0.336 e. The van der Waals surface area contributed by atoms with Crippen LogP contribution in [0.3, 0.4) is 0 Å². The number of imidazole rings is 1. The van der Waals surface area contributed by atoms with E-state index in [1.54, 1.807) is 0 Å². The van der Waals surface area contributed by atoms with Crippen molar-refractivity contribution in [3.63, 3.8) is 0 Å². The molecule has 18 heavy (non-hydrogen) atoms. The van der Waals surface area contributed by atoms with Gasteiger partial charge in [0.15, 0.2) is 0 Å². The Morgan fingerprint density at radius 2 is 2.06 bits per heavy atom. The molecule has 2 aliphatic heterocycles. The maximum absolute atomic E-state index is 4.14. The minimum Gasteiger partial charge on any atom is -0.336 e. The zero-order chi connectivity index (χ0) is 12.2. The van der Waals surface area contributed by atoms with Gasteiger partial charge >= 0.3 is 0 Å². The summed E-state index contributed by atoms with van der Waals surface area (Å²) in [6, 6.07) is 0.731. The highest BCUT2D eigenvalue weighted by Crippen LogP contribution is 2.23. The number of aromatic nitrogens is 2. The first-order valence-electron chi connectivity index (χ1n) is 7.32. The highest BCUT2D eigenvalue weighted by atomic mass is 15.2. The van der Waals surface area contributed by atoms with Gasteiger partial charge in [-0.05, 0) is 51.2 Å². The van der Waals surface area contributed by atoms with Gasteiger partial charge in [0.05, 0.1) is 6.33 Å². The number of rotatable bonds is 4. The zero-order valence-corrected chi connectivity index (χ0v) is 11.1. The van der Waals surface area contributed by atoms with Crippen LogP contribution in [0, 0.1) is 5.92 Å². The fourth-order valence-electron chi connectivity index (χ4n) is 3.38. The average molecular weight is 248 g/mol. The molecule has 0 aliphatic carbocycles. The van der Waals surface area contributed by atoms with Gasteiger partial charge in [0.2, 0.25) is 0 Å². The second kappa shape index (κ2) is 5.85. The lowest BCUT2D eigenvalue weighted by Gasteiger charge is -2.31. The fraction of sp³-hybridized carbons (Fsp3) is 0.786. The molecule has 1 N–H and O–H groups in total. The molecule has 0 aromatic carbocycles. The SMILES string of the molecule is c1cn(CC2CCCN2CC2CCNCC2)cn1. The number of hydrogen-bond donors (Lipinski definition) is 1. The van der Waals surface area contributed by atoms with Gasteiger partial charge in [-0.25, -0.2) is 4.98 Å². The quantitative estimate of drug-likeness (QED) is 0.873. The topological polar surface area (TPSA) is 33.1 Å². The van der Waals surface area contributed by atoms with E-state index in [0.29, 0.717) is 0 Å². The maximum atomic E-state index is 4.14. The molecule has 100 valence electrons. The summed E-state index contributed by atoms with van der Waals surface area (Å²) in [5.74, 6) is 0.912. The Balaban J connectivity index is 1.53. The molecule has 2 saturated heterocycles. The van der Waals surface area contributed by atoms with Gasteiger partial charge in [-0.3, -0.25) is 4.90 Å². The second-order valence-corrected chi connectivity index (χ2v) is 5.74. The van der Waals surface area contributed by atoms with Crippen molar-refractivity contribution in [1.82, 2.24) is 19.8 Å². The van der Waals surface area contributed by atoms with Gasteiger partial charge in [0.25, 0.3) is 0 Å². The highest BCUT2D eigenvalue weighted by Gasteiger charge is 2.27. The standard InChI is InChI=1S/C14H24N4/c1-2-14(11-17-9-7-16-12-17)18(8-1)10-13-3-5-15-6-4-13/h7,9,12-15H,1-6,8,10-11H2. The summed E-state index contributed by atoms with van der Waals surface area (Å²) in [7, 11) is 0.